The van der Waals surface area contributed by atoms with Crippen molar-refractivity contribution in [2.24, 2.45) is 5.92 Å². The number of hydrogen-bond acceptors (Lipinski definition) is 7. The van der Waals surface area contributed by atoms with Crippen molar-refractivity contribution in [1.29, 1.82) is 0 Å². The summed E-state index contributed by atoms with van der Waals surface area (Å²) in [7, 11) is 0. The molecule has 1 amide bonds. The lowest BCUT2D eigenvalue weighted by Crippen LogP contribution is -2.37. The van der Waals surface area contributed by atoms with Crippen LogP contribution in [0.4, 0.5) is 0 Å². The maximum atomic E-state index is 13.4. The van der Waals surface area contributed by atoms with Gasteiger partial charge in [0, 0.05) is 39.0 Å². The first-order valence-electron chi connectivity index (χ1n) is 18.3. The largest absolute Gasteiger partial charge is 0.460 e. The lowest BCUT2D eigenvalue weighted by Gasteiger charge is -2.25. The number of fused-ring (bicyclic) bond motifs is 2. The summed E-state index contributed by atoms with van der Waals surface area (Å²) in [5.41, 5.74) is -1.30. The lowest BCUT2D eigenvalue weighted by atomic mass is 9.93. The van der Waals surface area contributed by atoms with Crippen molar-refractivity contribution in [3.63, 3.8) is 0 Å². The lowest BCUT2D eigenvalue weighted by molar-refractivity contribution is -0.156. The molecular formula is C39H53N5O7. The van der Waals surface area contributed by atoms with Gasteiger partial charge in [0.05, 0.1) is 21.8 Å². The van der Waals surface area contributed by atoms with E-state index in [9.17, 15) is 28.8 Å². The number of unbranched alkanes of at least 4 members (excludes halogenated alkanes) is 3. The van der Waals surface area contributed by atoms with E-state index in [2.05, 4.69) is 16.9 Å². The number of hydrogen-bond donors (Lipinski definition) is 2. The van der Waals surface area contributed by atoms with Gasteiger partial charge in [-0.1, -0.05) is 50.5 Å². The van der Waals surface area contributed by atoms with E-state index < -0.39 is 17.0 Å². The average molecular weight is 704 g/mol. The third kappa shape index (κ3) is 11.4. The van der Waals surface area contributed by atoms with Crippen LogP contribution >= 0.6 is 0 Å². The fraction of sp³-hybridized carbons (Fsp3) is 0.538. The Bertz CT molecular complexity index is 2020. The molecule has 0 bridgehead atoms. The number of benzene rings is 2. The van der Waals surface area contributed by atoms with E-state index >= 15 is 0 Å². The highest BCUT2D eigenvalue weighted by molar-refractivity contribution is 5.78. The van der Waals surface area contributed by atoms with Crippen molar-refractivity contribution in [3.8, 4) is 0 Å². The fourth-order valence-electron chi connectivity index (χ4n) is 6.52. The third-order valence-electron chi connectivity index (χ3n) is 9.10. The van der Waals surface area contributed by atoms with Gasteiger partial charge < -0.3 is 19.6 Å². The highest BCUT2D eigenvalue weighted by atomic mass is 16.6. The summed E-state index contributed by atoms with van der Waals surface area (Å²) >= 11 is 0. The van der Waals surface area contributed by atoms with Gasteiger partial charge in [0.25, 0.3) is 11.1 Å². The molecule has 0 saturated heterocycles. The first kappa shape index (κ1) is 39.1. The Kier molecular flexibility index (Phi) is 14.2. The summed E-state index contributed by atoms with van der Waals surface area (Å²) in [5.74, 6) is -0.376. The molecule has 12 heteroatoms. The Morgan fingerprint density at radius 1 is 0.725 bits per heavy atom. The Morgan fingerprint density at radius 3 is 1.82 bits per heavy atom. The molecule has 0 radical (unpaired) electrons. The zero-order chi connectivity index (χ0) is 37.0. The molecule has 0 aliphatic carbocycles. The summed E-state index contributed by atoms with van der Waals surface area (Å²) in [6.07, 6.45) is 7.26. The number of esters is 1. The minimum atomic E-state index is -0.636. The second-order valence-electron chi connectivity index (χ2n) is 14.4. The number of nitrogens with one attached hydrogen (secondary N) is 2. The Hall–Kier alpha value is -4.74. The van der Waals surface area contributed by atoms with Crippen LogP contribution in [0.3, 0.4) is 0 Å². The Balaban J connectivity index is 1.42. The van der Waals surface area contributed by atoms with Crippen LogP contribution in [0.15, 0.2) is 67.7 Å². The van der Waals surface area contributed by atoms with E-state index in [1.54, 1.807) is 48.5 Å². The number of amides is 1. The topological polar surface area (TPSA) is 156 Å². The summed E-state index contributed by atoms with van der Waals surface area (Å²) in [5, 5.41) is 0.879. The van der Waals surface area contributed by atoms with Crippen LogP contribution in [0.2, 0.25) is 0 Å². The maximum absolute atomic E-state index is 13.4. The van der Waals surface area contributed by atoms with Gasteiger partial charge in [-0.15, -0.1) is 0 Å². The van der Waals surface area contributed by atoms with Gasteiger partial charge in [0.15, 0.2) is 0 Å². The number of ether oxygens (including phenoxy) is 1. The van der Waals surface area contributed by atoms with Crippen LogP contribution < -0.4 is 22.5 Å². The first-order chi connectivity index (χ1) is 24.4. The normalized spacial score (nSPS) is 12.3. The number of carbonyl (C=O) groups is 2. The molecule has 0 aliphatic rings. The van der Waals surface area contributed by atoms with E-state index in [1.807, 2.05) is 25.7 Å². The smallest absolute Gasteiger partial charge is 0.328 e. The molecule has 0 saturated carbocycles. The molecule has 51 heavy (non-hydrogen) atoms. The highest BCUT2D eigenvalue weighted by Gasteiger charge is 2.22. The Labute approximate surface area is 297 Å². The van der Waals surface area contributed by atoms with Gasteiger partial charge in [0.2, 0.25) is 5.91 Å². The number of H-pyrrole nitrogens is 2. The van der Waals surface area contributed by atoms with Crippen molar-refractivity contribution < 1.29 is 14.3 Å². The summed E-state index contributed by atoms with van der Waals surface area (Å²) in [4.78, 5) is 85.2. The van der Waals surface area contributed by atoms with Gasteiger partial charge in [-0.25, -0.2) is 9.59 Å². The van der Waals surface area contributed by atoms with Crippen molar-refractivity contribution in [2.45, 2.75) is 117 Å². The van der Waals surface area contributed by atoms with Crippen LogP contribution in [0.1, 0.15) is 98.3 Å². The van der Waals surface area contributed by atoms with Crippen molar-refractivity contribution >= 4 is 33.7 Å². The van der Waals surface area contributed by atoms with Crippen molar-refractivity contribution in [1.82, 2.24) is 24.0 Å². The van der Waals surface area contributed by atoms with Crippen LogP contribution in [-0.4, -0.2) is 54.6 Å². The van der Waals surface area contributed by atoms with E-state index in [1.165, 1.54) is 9.13 Å². The molecule has 0 fully saturated rings. The number of aromatic amines is 2. The number of nitrogens with zero attached hydrogens (tertiary/aromatic N) is 3. The number of para-hydroxylation sites is 2. The summed E-state index contributed by atoms with van der Waals surface area (Å²) < 4.78 is 8.02. The van der Waals surface area contributed by atoms with E-state index in [0.717, 1.165) is 25.7 Å². The molecule has 276 valence electrons. The monoisotopic (exact) mass is 703 g/mol. The predicted octanol–water partition coefficient (Wildman–Crippen LogP) is 5.49. The van der Waals surface area contributed by atoms with Crippen LogP contribution in [0, 0.1) is 5.92 Å². The molecule has 2 aromatic heterocycles. The molecule has 1 atom stereocenters. The van der Waals surface area contributed by atoms with E-state index in [4.69, 9.17) is 4.74 Å². The standard InChI is InChI=1S/C39H53N5O7/c1-5-6-7-8-22-33(45)42(24-15-26-44-36(48)30-19-10-12-21-32(30)41-38(44)50)23-13-16-28(27-34(46)51-39(2,3)4)17-14-25-43-35(47)29-18-9-11-20-31(29)40-37(43)49/h9-12,18-21,28H,5-8,13-17,22-27H2,1-4H3,(H,40,49)(H,41,50). The third-order valence-corrected chi connectivity index (χ3v) is 9.10. The molecule has 12 nitrogen and oxygen atoms in total. The van der Waals surface area contributed by atoms with Gasteiger partial charge in [0.1, 0.15) is 5.60 Å². The predicted molar refractivity (Wildman–Crippen MR) is 200 cm³/mol. The number of rotatable bonds is 19. The molecule has 1 unspecified atom stereocenters. The zero-order valence-corrected chi connectivity index (χ0v) is 30.5. The van der Waals surface area contributed by atoms with Gasteiger partial charge in [-0.3, -0.25) is 28.3 Å². The second kappa shape index (κ2) is 18.5. The average Bonchev–Trinajstić information content (AvgIpc) is 3.07. The molecule has 4 rings (SSSR count). The van der Waals surface area contributed by atoms with E-state index in [0.29, 0.717) is 73.4 Å². The van der Waals surface area contributed by atoms with Crippen LogP contribution in [0.5, 0.6) is 0 Å². The van der Waals surface area contributed by atoms with Crippen molar-refractivity contribution in [2.75, 3.05) is 13.1 Å². The second-order valence-corrected chi connectivity index (χ2v) is 14.4. The molecular weight excluding hydrogens is 650 g/mol. The number of aromatic nitrogens is 4. The van der Waals surface area contributed by atoms with Gasteiger partial charge >= 0.3 is 17.3 Å². The quantitative estimate of drug-likeness (QED) is 0.0966. The molecule has 0 aliphatic heterocycles. The first-order valence-corrected chi connectivity index (χ1v) is 18.3. The molecule has 2 N–H and O–H groups in total. The number of carbonyl (C=O) groups excluding carboxylic acids is 2. The van der Waals surface area contributed by atoms with Gasteiger partial charge in [-0.05, 0) is 89.5 Å². The van der Waals surface area contributed by atoms with Crippen molar-refractivity contribution in [3.05, 3.63) is 90.2 Å². The summed E-state index contributed by atoms with van der Waals surface area (Å²) in [6.45, 7) is 8.81. The highest BCUT2D eigenvalue weighted by Crippen LogP contribution is 2.22. The minimum Gasteiger partial charge on any atom is -0.460 e. The van der Waals surface area contributed by atoms with Crippen LogP contribution in [0.25, 0.3) is 21.8 Å². The Morgan fingerprint density at radius 2 is 1.25 bits per heavy atom. The molecule has 0 spiro atoms. The SMILES string of the molecule is CCCCCCC(=O)N(CCCC(CCCn1c(=O)[nH]c2ccccc2c1=O)CC(=O)OC(C)(C)C)CCCn1c(=O)[nH]c2ccccc2c1=O. The zero-order valence-electron chi connectivity index (χ0n) is 30.5. The molecule has 2 heterocycles. The molecule has 2 aromatic carbocycles. The maximum Gasteiger partial charge on any atom is 0.328 e. The molecule has 4 aromatic rings. The van der Waals surface area contributed by atoms with Gasteiger partial charge in [-0.2, -0.15) is 0 Å². The fourth-order valence-corrected chi connectivity index (χ4v) is 6.52. The minimum absolute atomic E-state index is 0.0319. The summed E-state index contributed by atoms with van der Waals surface area (Å²) in [6, 6.07) is 13.8. The van der Waals surface area contributed by atoms with Crippen LogP contribution in [-0.2, 0) is 27.4 Å². The van der Waals surface area contributed by atoms with E-state index in [-0.39, 0.29) is 48.4 Å².